The van der Waals surface area contributed by atoms with E-state index < -0.39 is 5.92 Å². The molecular weight excluding hydrogens is 280 g/mol. The molecule has 116 valence electrons. The lowest BCUT2D eigenvalue weighted by Gasteiger charge is -2.22. The maximum Gasteiger partial charge on any atom is 0.276 e. The van der Waals surface area contributed by atoms with E-state index in [0.29, 0.717) is 11.6 Å². The molecule has 2 unspecified atom stereocenters. The molecule has 2 atom stereocenters. The van der Waals surface area contributed by atoms with Gasteiger partial charge in [-0.1, -0.05) is 24.3 Å². The van der Waals surface area contributed by atoms with E-state index in [1.807, 2.05) is 6.08 Å². The molecule has 1 fully saturated rings. The van der Waals surface area contributed by atoms with Crippen molar-refractivity contribution >= 4 is 11.8 Å². The Morgan fingerprint density at radius 1 is 1.36 bits per heavy atom. The molecule has 0 bridgehead atoms. The summed E-state index contributed by atoms with van der Waals surface area (Å²) in [6.07, 6.45) is 8.05. The SMILES string of the molecule is CC(C)N1CCC(NC(=O)C2=C3C=CC=CC3C(=O)N=N2)C1. The minimum absolute atomic E-state index is 0.123. The number of hydrogen-bond acceptors (Lipinski definition) is 4. The van der Waals surface area contributed by atoms with Gasteiger partial charge in [0.1, 0.15) is 0 Å². The number of carbonyl (C=O) groups excluding carboxylic acids is 2. The Kier molecular flexibility index (Phi) is 4.02. The fraction of sp³-hybridized carbons (Fsp3) is 0.500. The zero-order chi connectivity index (χ0) is 15.7. The van der Waals surface area contributed by atoms with Crippen LogP contribution in [-0.2, 0) is 9.59 Å². The maximum absolute atomic E-state index is 12.5. The van der Waals surface area contributed by atoms with Gasteiger partial charge in [0, 0.05) is 30.7 Å². The minimum atomic E-state index is -0.473. The second-order valence-electron chi connectivity index (χ2n) is 6.11. The number of rotatable bonds is 3. The van der Waals surface area contributed by atoms with Crippen LogP contribution in [0.25, 0.3) is 0 Å². The van der Waals surface area contributed by atoms with Gasteiger partial charge in [0.25, 0.3) is 11.8 Å². The monoisotopic (exact) mass is 300 g/mol. The van der Waals surface area contributed by atoms with E-state index in [2.05, 4.69) is 34.3 Å². The molecule has 0 aromatic carbocycles. The van der Waals surface area contributed by atoms with Gasteiger partial charge in [0.2, 0.25) is 0 Å². The zero-order valence-corrected chi connectivity index (χ0v) is 12.8. The van der Waals surface area contributed by atoms with Crippen molar-refractivity contribution in [3.8, 4) is 0 Å². The van der Waals surface area contributed by atoms with Crippen molar-refractivity contribution in [2.75, 3.05) is 13.1 Å². The molecule has 0 radical (unpaired) electrons. The molecule has 2 amide bonds. The molecule has 0 spiro atoms. The molecular formula is C16H20N4O2. The summed E-state index contributed by atoms with van der Waals surface area (Å²) < 4.78 is 0. The van der Waals surface area contributed by atoms with E-state index in [1.54, 1.807) is 18.2 Å². The van der Waals surface area contributed by atoms with E-state index >= 15 is 0 Å². The van der Waals surface area contributed by atoms with Gasteiger partial charge in [0.15, 0.2) is 5.70 Å². The number of amides is 2. The van der Waals surface area contributed by atoms with Crippen molar-refractivity contribution in [3.05, 3.63) is 35.6 Å². The zero-order valence-electron chi connectivity index (χ0n) is 12.8. The lowest BCUT2D eigenvalue weighted by atomic mass is 9.91. The van der Waals surface area contributed by atoms with Gasteiger partial charge in [-0.15, -0.1) is 10.2 Å². The van der Waals surface area contributed by atoms with E-state index in [-0.39, 0.29) is 23.6 Å². The quantitative estimate of drug-likeness (QED) is 0.860. The topological polar surface area (TPSA) is 74.1 Å². The van der Waals surface area contributed by atoms with Crippen LogP contribution in [0.2, 0.25) is 0 Å². The molecule has 2 aliphatic heterocycles. The Morgan fingerprint density at radius 3 is 2.91 bits per heavy atom. The molecule has 6 nitrogen and oxygen atoms in total. The van der Waals surface area contributed by atoms with E-state index in [0.717, 1.165) is 19.5 Å². The van der Waals surface area contributed by atoms with E-state index in [4.69, 9.17) is 0 Å². The predicted octanol–water partition coefficient (Wildman–Crippen LogP) is 1.57. The fourth-order valence-electron chi connectivity index (χ4n) is 3.01. The second kappa shape index (κ2) is 5.96. The Hall–Kier alpha value is -2.08. The van der Waals surface area contributed by atoms with Crippen molar-refractivity contribution in [3.63, 3.8) is 0 Å². The van der Waals surface area contributed by atoms with Crippen LogP contribution < -0.4 is 5.32 Å². The van der Waals surface area contributed by atoms with Crippen molar-refractivity contribution in [2.24, 2.45) is 16.1 Å². The summed E-state index contributed by atoms with van der Waals surface area (Å²) in [6, 6.07) is 0.601. The summed E-state index contributed by atoms with van der Waals surface area (Å²) in [6.45, 7) is 6.14. The number of fused-ring (bicyclic) bond motifs is 1. The van der Waals surface area contributed by atoms with Crippen molar-refractivity contribution in [1.29, 1.82) is 0 Å². The minimum Gasteiger partial charge on any atom is -0.347 e. The van der Waals surface area contributed by atoms with E-state index in [9.17, 15) is 9.59 Å². The predicted molar refractivity (Wildman–Crippen MR) is 81.9 cm³/mol. The van der Waals surface area contributed by atoms with Crippen LogP contribution in [-0.4, -0.2) is 41.9 Å². The number of carbonyl (C=O) groups is 2. The standard InChI is InChI=1S/C16H20N4O2/c1-10(2)20-8-7-11(9-20)17-16(22)14-12-5-3-4-6-13(12)15(21)19-18-14/h3-6,10-11,13H,7-9H2,1-2H3,(H,17,22). The number of nitrogens with one attached hydrogen (secondary N) is 1. The highest BCUT2D eigenvalue weighted by atomic mass is 16.2. The largest absolute Gasteiger partial charge is 0.347 e. The Labute approximate surface area is 129 Å². The van der Waals surface area contributed by atoms with Crippen molar-refractivity contribution < 1.29 is 9.59 Å². The molecule has 3 rings (SSSR count). The first-order valence-electron chi connectivity index (χ1n) is 7.66. The third-order valence-electron chi connectivity index (χ3n) is 4.31. The van der Waals surface area contributed by atoms with Crippen LogP contribution in [0.4, 0.5) is 0 Å². The first-order chi connectivity index (χ1) is 10.6. The van der Waals surface area contributed by atoms with Crippen molar-refractivity contribution in [2.45, 2.75) is 32.4 Å². The lowest BCUT2D eigenvalue weighted by molar-refractivity contribution is -0.120. The van der Waals surface area contributed by atoms with E-state index in [1.165, 1.54) is 0 Å². The number of allylic oxidation sites excluding steroid dienone is 3. The average molecular weight is 300 g/mol. The molecule has 1 saturated heterocycles. The second-order valence-corrected chi connectivity index (χ2v) is 6.11. The maximum atomic E-state index is 12.5. The van der Waals surface area contributed by atoms with Crippen LogP contribution >= 0.6 is 0 Å². The third kappa shape index (κ3) is 2.78. The van der Waals surface area contributed by atoms with Gasteiger partial charge < -0.3 is 5.32 Å². The summed E-state index contributed by atoms with van der Waals surface area (Å²) in [4.78, 5) is 26.6. The summed E-state index contributed by atoms with van der Waals surface area (Å²) in [7, 11) is 0. The number of hydrogen-bond donors (Lipinski definition) is 1. The summed E-state index contributed by atoms with van der Waals surface area (Å²) in [5.74, 6) is -1.04. The van der Waals surface area contributed by atoms with Gasteiger partial charge >= 0.3 is 0 Å². The molecule has 0 aromatic rings. The van der Waals surface area contributed by atoms with Gasteiger partial charge in [0.05, 0.1) is 5.92 Å². The Morgan fingerprint density at radius 2 is 2.18 bits per heavy atom. The summed E-state index contributed by atoms with van der Waals surface area (Å²) in [5, 5.41) is 10.5. The van der Waals surface area contributed by atoms with Gasteiger partial charge in [-0.25, -0.2) is 0 Å². The van der Waals surface area contributed by atoms with Crippen molar-refractivity contribution in [1.82, 2.24) is 10.2 Å². The lowest BCUT2D eigenvalue weighted by Crippen LogP contribution is -2.39. The van der Waals surface area contributed by atoms with Crippen LogP contribution in [0.5, 0.6) is 0 Å². The van der Waals surface area contributed by atoms with Crippen LogP contribution in [0, 0.1) is 5.92 Å². The highest BCUT2D eigenvalue weighted by molar-refractivity contribution is 5.98. The molecule has 2 heterocycles. The number of azo groups is 1. The fourth-order valence-corrected chi connectivity index (χ4v) is 3.01. The normalized spacial score (nSPS) is 27.7. The smallest absolute Gasteiger partial charge is 0.276 e. The van der Waals surface area contributed by atoms with Gasteiger partial charge in [-0.3, -0.25) is 14.5 Å². The highest BCUT2D eigenvalue weighted by Gasteiger charge is 2.32. The Bertz CT molecular complexity index is 616. The molecule has 6 heteroatoms. The van der Waals surface area contributed by atoms with Crippen LogP contribution in [0.1, 0.15) is 20.3 Å². The first-order valence-corrected chi connectivity index (χ1v) is 7.66. The molecule has 1 N–H and O–H groups in total. The molecule has 3 aliphatic rings. The highest BCUT2D eigenvalue weighted by Crippen LogP contribution is 2.28. The van der Waals surface area contributed by atoms with Crippen LogP contribution in [0.3, 0.4) is 0 Å². The number of likely N-dealkylation sites (tertiary alicyclic amines) is 1. The summed E-state index contributed by atoms with van der Waals surface area (Å²) >= 11 is 0. The molecule has 0 saturated carbocycles. The number of nitrogens with zero attached hydrogens (tertiary/aromatic N) is 3. The average Bonchev–Trinajstić information content (AvgIpc) is 2.96. The van der Waals surface area contributed by atoms with Gasteiger partial charge in [-0.05, 0) is 20.3 Å². The molecule has 22 heavy (non-hydrogen) atoms. The summed E-state index contributed by atoms with van der Waals surface area (Å²) in [5.41, 5.74) is 0.895. The van der Waals surface area contributed by atoms with Crippen LogP contribution in [0.15, 0.2) is 45.8 Å². The Balaban J connectivity index is 1.73. The first kappa shape index (κ1) is 14.8. The van der Waals surface area contributed by atoms with Gasteiger partial charge in [-0.2, -0.15) is 0 Å². The molecule has 0 aromatic heterocycles. The molecule has 1 aliphatic carbocycles. The third-order valence-corrected chi connectivity index (χ3v) is 4.31.